The Hall–Kier alpha value is -1.51. The number of nitrogen functional groups attached to an aromatic ring is 1. The Labute approximate surface area is 103 Å². The van der Waals surface area contributed by atoms with Gasteiger partial charge in [-0.15, -0.1) is 0 Å². The second kappa shape index (κ2) is 6.94. The Morgan fingerprint density at radius 3 is 2.35 bits per heavy atom. The highest BCUT2D eigenvalue weighted by molar-refractivity contribution is 5.72. The van der Waals surface area contributed by atoms with Gasteiger partial charge in [-0.05, 0) is 23.6 Å². The van der Waals surface area contributed by atoms with Crippen LogP contribution in [0.5, 0.6) is 0 Å². The third kappa shape index (κ3) is 4.89. The number of hydrogen-bond acceptors (Lipinski definition) is 3. The first kappa shape index (κ1) is 13.6. The molecule has 3 heteroatoms. The molecule has 0 aliphatic rings. The maximum absolute atomic E-state index is 11.6. The molecule has 0 heterocycles. The summed E-state index contributed by atoms with van der Waals surface area (Å²) in [6.07, 6.45) is 2.41. The molecule has 0 radical (unpaired) electrons. The largest absolute Gasteiger partial charge is 0.465 e. The van der Waals surface area contributed by atoms with Crippen LogP contribution in [0.4, 0.5) is 5.69 Å². The van der Waals surface area contributed by atoms with Crippen LogP contribution in [0.25, 0.3) is 0 Å². The number of carbonyl (C=O) groups is 1. The van der Waals surface area contributed by atoms with E-state index in [9.17, 15) is 4.79 Å². The lowest BCUT2D eigenvalue weighted by atomic mass is 10.1. The fraction of sp³-hybridized carbons (Fsp3) is 0.500. The van der Waals surface area contributed by atoms with Gasteiger partial charge in [0.05, 0.1) is 13.0 Å². The Morgan fingerprint density at radius 2 is 1.82 bits per heavy atom. The summed E-state index contributed by atoms with van der Waals surface area (Å²) in [5.41, 5.74) is 7.22. The number of ether oxygens (including phenoxy) is 1. The molecule has 1 rings (SSSR count). The molecule has 0 bridgehead atoms. The number of benzene rings is 1. The maximum atomic E-state index is 11.6. The molecule has 0 unspecified atom stereocenters. The fourth-order valence-electron chi connectivity index (χ4n) is 1.59. The number of esters is 1. The average Bonchev–Trinajstić information content (AvgIpc) is 2.33. The van der Waals surface area contributed by atoms with E-state index in [-0.39, 0.29) is 5.97 Å². The first-order valence-electron chi connectivity index (χ1n) is 6.15. The maximum Gasteiger partial charge on any atom is 0.310 e. The Balaban J connectivity index is 2.37. The molecule has 0 aromatic heterocycles. The van der Waals surface area contributed by atoms with E-state index in [2.05, 4.69) is 13.8 Å². The van der Waals surface area contributed by atoms with Crippen LogP contribution in [0.1, 0.15) is 32.3 Å². The summed E-state index contributed by atoms with van der Waals surface area (Å²) in [5.74, 6) is 0.312. The van der Waals surface area contributed by atoms with Crippen LogP contribution in [0.15, 0.2) is 24.3 Å². The summed E-state index contributed by atoms with van der Waals surface area (Å²) in [5, 5.41) is 0. The molecule has 0 spiro atoms. The quantitative estimate of drug-likeness (QED) is 0.609. The van der Waals surface area contributed by atoms with Crippen molar-refractivity contribution in [2.45, 2.75) is 33.1 Å². The normalized spacial score (nSPS) is 10.5. The number of rotatable bonds is 6. The van der Waals surface area contributed by atoms with E-state index in [1.807, 2.05) is 12.1 Å². The minimum Gasteiger partial charge on any atom is -0.465 e. The van der Waals surface area contributed by atoms with Gasteiger partial charge in [-0.1, -0.05) is 38.8 Å². The zero-order valence-corrected chi connectivity index (χ0v) is 10.6. The zero-order chi connectivity index (χ0) is 12.7. The van der Waals surface area contributed by atoms with Gasteiger partial charge < -0.3 is 10.5 Å². The van der Waals surface area contributed by atoms with Gasteiger partial charge in [-0.3, -0.25) is 4.79 Å². The first-order valence-corrected chi connectivity index (χ1v) is 6.15. The smallest absolute Gasteiger partial charge is 0.310 e. The van der Waals surface area contributed by atoms with Gasteiger partial charge in [-0.25, -0.2) is 0 Å². The summed E-state index contributed by atoms with van der Waals surface area (Å²) in [4.78, 5) is 11.6. The van der Waals surface area contributed by atoms with Crippen LogP contribution in [0.3, 0.4) is 0 Å². The molecule has 0 saturated heterocycles. The minimum atomic E-state index is -0.165. The highest BCUT2D eigenvalue weighted by Gasteiger charge is 2.09. The molecule has 94 valence electrons. The molecule has 1 aromatic rings. The second-order valence-corrected chi connectivity index (χ2v) is 4.28. The van der Waals surface area contributed by atoms with Crippen LogP contribution in [0, 0.1) is 5.92 Å². The van der Waals surface area contributed by atoms with Gasteiger partial charge in [0.25, 0.3) is 0 Å². The van der Waals surface area contributed by atoms with Crippen molar-refractivity contribution < 1.29 is 9.53 Å². The van der Waals surface area contributed by atoms with E-state index >= 15 is 0 Å². The summed E-state index contributed by atoms with van der Waals surface area (Å²) in [6, 6.07) is 7.30. The second-order valence-electron chi connectivity index (χ2n) is 4.28. The lowest BCUT2D eigenvalue weighted by Crippen LogP contribution is -2.14. The molecule has 0 aliphatic heterocycles. The van der Waals surface area contributed by atoms with Gasteiger partial charge in [-0.2, -0.15) is 0 Å². The molecular formula is C14H21NO2. The first-order chi connectivity index (χ1) is 8.15. The van der Waals surface area contributed by atoms with Crippen molar-refractivity contribution in [1.29, 1.82) is 0 Å². The Bertz CT molecular complexity index is 342. The van der Waals surface area contributed by atoms with E-state index in [1.54, 1.807) is 12.1 Å². The summed E-state index contributed by atoms with van der Waals surface area (Å²) in [7, 11) is 0. The minimum absolute atomic E-state index is 0.165. The number of nitrogens with two attached hydrogens (primary N) is 1. The average molecular weight is 235 g/mol. The Kier molecular flexibility index (Phi) is 5.53. The fourth-order valence-corrected chi connectivity index (χ4v) is 1.59. The van der Waals surface area contributed by atoms with E-state index < -0.39 is 0 Å². The van der Waals surface area contributed by atoms with Crippen molar-refractivity contribution in [3.8, 4) is 0 Å². The monoisotopic (exact) mass is 235 g/mol. The third-order valence-corrected chi connectivity index (χ3v) is 2.96. The van der Waals surface area contributed by atoms with Crippen LogP contribution < -0.4 is 5.73 Å². The lowest BCUT2D eigenvalue weighted by Gasteiger charge is -2.12. The standard InChI is InChI=1S/C14H21NO2/c1-3-11(4-2)10-17-14(16)9-12-5-7-13(15)8-6-12/h5-8,11H,3-4,9-10,15H2,1-2H3. The van der Waals surface area contributed by atoms with Crippen molar-refractivity contribution in [2.75, 3.05) is 12.3 Å². The highest BCUT2D eigenvalue weighted by Crippen LogP contribution is 2.10. The molecule has 0 amide bonds. The third-order valence-electron chi connectivity index (χ3n) is 2.96. The zero-order valence-electron chi connectivity index (χ0n) is 10.6. The Morgan fingerprint density at radius 1 is 1.24 bits per heavy atom. The van der Waals surface area contributed by atoms with E-state index in [0.29, 0.717) is 24.6 Å². The predicted octanol–water partition coefficient (Wildman–Crippen LogP) is 2.79. The lowest BCUT2D eigenvalue weighted by molar-refractivity contribution is -0.144. The molecule has 0 atom stereocenters. The van der Waals surface area contributed by atoms with Gasteiger partial charge in [0.15, 0.2) is 0 Å². The molecular weight excluding hydrogens is 214 g/mol. The van der Waals surface area contributed by atoms with E-state index in [4.69, 9.17) is 10.5 Å². The number of anilines is 1. The van der Waals surface area contributed by atoms with Crippen molar-refractivity contribution in [3.63, 3.8) is 0 Å². The molecule has 0 aliphatic carbocycles. The summed E-state index contributed by atoms with van der Waals surface area (Å²) in [6.45, 7) is 4.75. The van der Waals surface area contributed by atoms with Gasteiger partial charge in [0.2, 0.25) is 0 Å². The molecule has 2 N–H and O–H groups in total. The molecule has 0 saturated carbocycles. The molecule has 17 heavy (non-hydrogen) atoms. The molecule has 3 nitrogen and oxygen atoms in total. The van der Waals surface area contributed by atoms with Crippen molar-refractivity contribution >= 4 is 11.7 Å². The van der Waals surface area contributed by atoms with Gasteiger partial charge in [0, 0.05) is 5.69 Å². The van der Waals surface area contributed by atoms with Crippen molar-refractivity contribution in [1.82, 2.24) is 0 Å². The van der Waals surface area contributed by atoms with E-state index in [0.717, 1.165) is 18.4 Å². The van der Waals surface area contributed by atoms with Crippen molar-refractivity contribution in [3.05, 3.63) is 29.8 Å². The molecule has 0 fully saturated rings. The van der Waals surface area contributed by atoms with Crippen LogP contribution >= 0.6 is 0 Å². The predicted molar refractivity (Wildman–Crippen MR) is 69.6 cm³/mol. The van der Waals surface area contributed by atoms with Gasteiger partial charge >= 0.3 is 5.97 Å². The number of hydrogen-bond donors (Lipinski definition) is 1. The van der Waals surface area contributed by atoms with Gasteiger partial charge in [0.1, 0.15) is 0 Å². The molecule has 1 aromatic carbocycles. The van der Waals surface area contributed by atoms with Crippen molar-refractivity contribution in [2.24, 2.45) is 5.92 Å². The van der Waals surface area contributed by atoms with E-state index in [1.165, 1.54) is 0 Å². The van der Waals surface area contributed by atoms with Crippen LogP contribution in [0.2, 0.25) is 0 Å². The van der Waals surface area contributed by atoms with Crippen LogP contribution in [-0.4, -0.2) is 12.6 Å². The topological polar surface area (TPSA) is 52.3 Å². The van der Waals surface area contributed by atoms with Crippen LogP contribution in [-0.2, 0) is 16.0 Å². The SMILES string of the molecule is CCC(CC)COC(=O)Cc1ccc(N)cc1. The highest BCUT2D eigenvalue weighted by atomic mass is 16.5. The summed E-state index contributed by atoms with van der Waals surface area (Å²) >= 11 is 0. The number of carbonyl (C=O) groups excluding carboxylic acids is 1. The summed E-state index contributed by atoms with van der Waals surface area (Å²) < 4.78 is 5.25.